The van der Waals surface area contributed by atoms with Gasteiger partial charge < -0.3 is 10.2 Å². The van der Waals surface area contributed by atoms with Gasteiger partial charge in [-0.3, -0.25) is 4.68 Å². The Morgan fingerprint density at radius 3 is 2.74 bits per heavy atom. The van der Waals surface area contributed by atoms with Gasteiger partial charge in [-0.15, -0.1) is 0 Å². The number of hydrogen-bond acceptors (Lipinski definition) is 3. The zero-order valence-electron chi connectivity index (χ0n) is 11.5. The molecule has 4 nitrogen and oxygen atoms in total. The first kappa shape index (κ1) is 12.2. The minimum Gasteiger partial charge on any atom is -0.359 e. The van der Waals surface area contributed by atoms with Crippen LogP contribution in [-0.2, 0) is 7.05 Å². The van der Waals surface area contributed by atoms with Crippen LogP contribution in [0.5, 0.6) is 0 Å². The van der Waals surface area contributed by atoms with E-state index in [2.05, 4.69) is 58.8 Å². The monoisotopic (exact) mass is 256 g/mol. The molecule has 0 amide bonds. The first-order valence-electron chi connectivity index (χ1n) is 6.78. The van der Waals surface area contributed by atoms with Crippen molar-refractivity contribution in [3.05, 3.63) is 47.8 Å². The Bertz CT molecular complexity index is 547. The molecule has 1 atom stereocenters. The van der Waals surface area contributed by atoms with E-state index in [0.29, 0.717) is 6.04 Å². The van der Waals surface area contributed by atoms with Crippen molar-refractivity contribution in [2.24, 2.45) is 7.05 Å². The summed E-state index contributed by atoms with van der Waals surface area (Å²) in [6.45, 7) is 5.11. The molecular formula is C15H20N4. The van der Waals surface area contributed by atoms with Crippen molar-refractivity contribution >= 4 is 5.69 Å². The Hall–Kier alpha value is -1.81. The maximum Gasteiger partial charge on any atom is 0.0827 e. The molecule has 2 aromatic rings. The van der Waals surface area contributed by atoms with E-state index in [1.165, 1.54) is 11.3 Å². The highest BCUT2D eigenvalue weighted by molar-refractivity contribution is 5.52. The first-order chi connectivity index (χ1) is 9.25. The second-order valence-electron chi connectivity index (χ2n) is 5.10. The van der Waals surface area contributed by atoms with Crippen LogP contribution in [0.3, 0.4) is 0 Å². The zero-order chi connectivity index (χ0) is 13.2. The van der Waals surface area contributed by atoms with Gasteiger partial charge >= 0.3 is 0 Å². The topological polar surface area (TPSA) is 33.1 Å². The molecule has 0 saturated carbocycles. The molecule has 0 radical (unpaired) electrons. The Morgan fingerprint density at radius 1 is 1.26 bits per heavy atom. The molecule has 1 aliphatic heterocycles. The molecule has 1 fully saturated rings. The van der Waals surface area contributed by atoms with Crippen molar-refractivity contribution < 1.29 is 0 Å². The lowest BCUT2D eigenvalue weighted by Crippen LogP contribution is -2.46. The minimum absolute atomic E-state index is 0.387. The van der Waals surface area contributed by atoms with Crippen molar-refractivity contribution in [3.8, 4) is 0 Å². The maximum absolute atomic E-state index is 4.47. The highest BCUT2D eigenvalue weighted by Gasteiger charge is 2.25. The number of benzene rings is 1. The molecule has 1 aromatic carbocycles. The molecular weight excluding hydrogens is 236 g/mol. The van der Waals surface area contributed by atoms with E-state index in [4.69, 9.17) is 0 Å². The van der Waals surface area contributed by atoms with Gasteiger partial charge in [0, 0.05) is 32.9 Å². The summed E-state index contributed by atoms with van der Waals surface area (Å²) >= 11 is 0. The van der Waals surface area contributed by atoms with E-state index in [9.17, 15) is 0 Å². The largest absolute Gasteiger partial charge is 0.359 e. The molecule has 4 heteroatoms. The Labute approximate surface area is 114 Å². The molecule has 1 saturated heterocycles. The van der Waals surface area contributed by atoms with Crippen molar-refractivity contribution in [2.75, 3.05) is 24.5 Å². The fourth-order valence-corrected chi connectivity index (χ4v) is 2.83. The van der Waals surface area contributed by atoms with Crippen LogP contribution in [-0.4, -0.2) is 29.4 Å². The summed E-state index contributed by atoms with van der Waals surface area (Å²) in [7, 11) is 1.98. The smallest absolute Gasteiger partial charge is 0.0827 e. The fraction of sp³-hybridized carbons (Fsp3) is 0.400. The van der Waals surface area contributed by atoms with Gasteiger partial charge in [0.2, 0.25) is 0 Å². The van der Waals surface area contributed by atoms with Gasteiger partial charge in [0.1, 0.15) is 0 Å². The highest BCUT2D eigenvalue weighted by Crippen LogP contribution is 2.29. The summed E-state index contributed by atoms with van der Waals surface area (Å²) in [5.74, 6) is 0. The number of anilines is 1. The number of piperazine rings is 1. The number of rotatable bonds is 2. The van der Waals surface area contributed by atoms with Crippen LogP contribution in [0, 0.1) is 6.92 Å². The van der Waals surface area contributed by atoms with Crippen molar-refractivity contribution in [1.82, 2.24) is 15.1 Å². The van der Waals surface area contributed by atoms with Gasteiger partial charge in [-0.1, -0.05) is 30.3 Å². The summed E-state index contributed by atoms with van der Waals surface area (Å²) in [5.41, 5.74) is 3.71. The number of aryl methyl sites for hydroxylation is 2. The third kappa shape index (κ3) is 2.36. The van der Waals surface area contributed by atoms with E-state index in [1.807, 2.05) is 11.7 Å². The Balaban J connectivity index is 1.96. The lowest BCUT2D eigenvalue weighted by atomic mass is 10.0. The second kappa shape index (κ2) is 5.05. The highest BCUT2D eigenvalue weighted by atomic mass is 15.3. The van der Waals surface area contributed by atoms with Crippen LogP contribution in [0.2, 0.25) is 0 Å². The average molecular weight is 256 g/mol. The maximum atomic E-state index is 4.47. The summed E-state index contributed by atoms with van der Waals surface area (Å²) < 4.78 is 1.90. The molecule has 3 rings (SSSR count). The Morgan fingerprint density at radius 2 is 2.05 bits per heavy atom. The zero-order valence-corrected chi connectivity index (χ0v) is 11.5. The predicted octanol–water partition coefficient (Wildman–Crippen LogP) is 1.88. The molecule has 2 heterocycles. The van der Waals surface area contributed by atoms with Gasteiger partial charge in [-0.2, -0.15) is 5.10 Å². The molecule has 0 aliphatic carbocycles. The lowest BCUT2D eigenvalue weighted by molar-refractivity contribution is 0.489. The molecule has 1 unspecified atom stereocenters. The standard InChI is InChI=1S/C15H20N4/c1-12-15(11-18(2)17-12)19-9-8-16-10-14(19)13-6-4-3-5-7-13/h3-7,11,14,16H,8-10H2,1-2H3. The van der Waals surface area contributed by atoms with Crippen LogP contribution in [0.4, 0.5) is 5.69 Å². The number of hydrogen-bond donors (Lipinski definition) is 1. The third-order valence-corrected chi connectivity index (χ3v) is 3.72. The summed E-state index contributed by atoms with van der Waals surface area (Å²) in [4.78, 5) is 2.47. The van der Waals surface area contributed by atoms with E-state index < -0.39 is 0 Å². The quantitative estimate of drug-likeness (QED) is 0.890. The van der Waals surface area contributed by atoms with E-state index in [0.717, 1.165) is 25.3 Å². The predicted molar refractivity (Wildman–Crippen MR) is 77.3 cm³/mol. The van der Waals surface area contributed by atoms with Crippen LogP contribution >= 0.6 is 0 Å². The summed E-state index contributed by atoms with van der Waals surface area (Å²) in [6.07, 6.45) is 2.12. The number of aromatic nitrogens is 2. The average Bonchev–Trinajstić information content (AvgIpc) is 2.79. The van der Waals surface area contributed by atoms with Crippen LogP contribution < -0.4 is 10.2 Å². The summed E-state index contributed by atoms with van der Waals surface area (Å²) in [6, 6.07) is 11.1. The van der Waals surface area contributed by atoms with E-state index >= 15 is 0 Å². The van der Waals surface area contributed by atoms with E-state index in [-0.39, 0.29) is 0 Å². The summed E-state index contributed by atoms with van der Waals surface area (Å²) in [5, 5.41) is 7.96. The molecule has 1 aromatic heterocycles. The molecule has 0 spiro atoms. The normalized spacial score (nSPS) is 19.7. The van der Waals surface area contributed by atoms with Crippen molar-refractivity contribution in [1.29, 1.82) is 0 Å². The van der Waals surface area contributed by atoms with Gasteiger partial charge in [-0.05, 0) is 12.5 Å². The van der Waals surface area contributed by atoms with E-state index in [1.54, 1.807) is 0 Å². The second-order valence-corrected chi connectivity index (χ2v) is 5.10. The van der Waals surface area contributed by atoms with Gasteiger partial charge in [0.25, 0.3) is 0 Å². The molecule has 1 N–H and O–H groups in total. The SMILES string of the molecule is Cc1nn(C)cc1N1CCNCC1c1ccccc1. The minimum atomic E-state index is 0.387. The fourth-order valence-electron chi connectivity index (χ4n) is 2.83. The van der Waals surface area contributed by atoms with Crippen LogP contribution in [0.1, 0.15) is 17.3 Å². The lowest BCUT2D eigenvalue weighted by Gasteiger charge is -2.37. The Kier molecular flexibility index (Phi) is 3.25. The molecule has 0 bridgehead atoms. The molecule has 100 valence electrons. The molecule has 19 heavy (non-hydrogen) atoms. The van der Waals surface area contributed by atoms with Crippen LogP contribution in [0.25, 0.3) is 0 Å². The van der Waals surface area contributed by atoms with Gasteiger partial charge in [0.15, 0.2) is 0 Å². The number of nitrogens with zero attached hydrogens (tertiary/aromatic N) is 3. The third-order valence-electron chi connectivity index (χ3n) is 3.72. The first-order valence-corrected chi connectivity index (χ1v) is 6.78. The van der Waals surface area contributed by atoms with Gasteiger partial charge in [-0.25, -0.2) is 0 Å². The van der Waals surface area contributed by atoms with Crippen molar-refractivity contribution in [2.45, 2.75) is 13.0 Å². The van der Waals surface area contributed by atoms with Crippen LogP contribution in [0.15, 0.2) is 36.5 Å². The van der Waals surface area contributed by atoms with Gasteiger partial charge in [0.05, 0.1) is 17.4 Å². The van der Waals surface area contributed by atoms with Crippen molar-refractivity contribution in [3.63, 3.8) is 0 Å². The molecule has 1 aliphatic rings. The number of nitrogens with one attached hydrogen (secondary N) is 1.